The largest absolute Gasteiger partial charge is 0.399 e. The highest BCUT2D eigenvalue weighted by Gasteiger charge is 2.19. The van der Waals surface area contributed by atoms with Gasteiger partial charge < -0.3 is 16.0 Å². The first-order chi connectivity index (χ1) is 9.99. The molecule has 1 unspecified atom stereocenters. The van der Waals surface area contributed by atoms with Gasteiger partial charge in [0.15, 0.2) is 0 Å². The number of nitrogen functional groups attached to an aromatic ring is 1. The van der Waals surface area contributed by atoms with Gasteiger partial charge in [0.25, 0.3) is 0 Å². The molecule has 5 heteroatoms. The van der Waals surface area contributed by atoms with Crippen molar-refractivity contribution in [3.05, 3.63) is 59.1 Å². The maximum absolute atomic E-state index is 12.3. The molecule has 21 heavy (non-hydrogen) atoms. The summed E-state index contributed by atoms with van der Waals surface area (Å²) in [6, 6.07) is 14.2. The highest BCUT2D eigenvalue weighted by molar-refractivity contribution is 6.31. The van der Waals surface area contributed by atoms with Crippen LogP contribution in [0.3, 0.4) is 0 Å². The monoisotopic (exact) mass is 303 g/mol. The lowest BCUT2D eigenvalue weighted by molar-refractivity contribution is 0.208. The van der Waals surface area contributed by atoms with E-state index in [4.69, 9.17) is 17.3 Å². The number of carbonyl (C=O) groups is 1. The molecule has 0 aromatic heterocycles. The molecule has 0 saturated heterocycles. The number of carbonyl (C=O) groups excluding carboxylic acids is 1. The maximum atomic E-state index is 12.3. The van der Waals surface area contributed by atoms with Gasteiger partial charge in [0.05, 0.1) is 6.04 Å². The average molecular weight is 304 g/mol. The van der Waals surface area contributed by atoms with Gasteiger partial charge in [0, 0.05) is 23.4 Å². The van der Waals surface area contributed by atoms with Crippen LogP contribution in [0.5, 0.6) is 0 Å². The molecule has 0 aliphatic carbocycles. The fraction of sp³-hybridized carbons (Fsp3) is 0.188. The molecular weight excluding hydrogens is 286 g/mol. The Morgan fingerprint density at radius 2 is 1.81 bits per heavy atom. The van der Waals surface area contributed by atoms with Crippen LogP contribution in [-0.4, -0.2) is 18.0 Å². The fourth-order valence-electron chi connectivity index (χ4n) is 1.98. The van der Waals surface area contributed by atoms with Crippen molar-refractivity contribution in [1.82, 2.24) is 4.90 Å². The SMILES string of the molecule is CC(c1ccccc1Cl)N(C)C(=O)Nc1ccc(N)cc1. The van der Waals surface area contributed by atoms with Crippen molar-refractivity contribution in [2.75, 3.05) is 18.1 Å². The molecule has 2 amide bonds. The van der Waals surface area contributed by atoms with E-state index in [9.17, 15) is 4.79 Å². The molecular formula is C16H18ClN3O. The zero-order valence-electron chi connectivity index (χ0n) is 12.0. The summed E-state index contributed by atoms with van der Waals surface area (Å²) in [5.41, 5.74) is 7.89. The maximum Gasteiger partial charge on any atom is 0.322 e. The van der Waals surface area contributed by atoms with Gasteiger partial charge in [-0.1, -0.05) is 29.8 Å². The Bertz CT molecular complexity index is 628. The summed E-state index contributed by atoms with van der Waals surface area (Å²) in [5, 5.41) is 3.48. The highest BCUT2D eigenvalue weighted by atomic mass is 35.5. The number of halogens is 1. The standard InChI is InChI=1S/C16H18ClN3O/c1-11(14-5-3-4-6-15(14)17)20(2)16(21)19-13-9-7-12(18)8-10-13/h3-11H,18H2,1-2H3,(H,19,21). The topological polar surface area (TPSA) is 58.4 Å². The molecule has 0 spiro atoms. The van der Waals surface area contributed by atoms with Crippen LogP contribution >= 0.6 is 11.6 Å². The smallest absolute Gasteiger partial charge is 0.322 e. The second kappa shape index (κ2) is 6.50. The van der Waals surface area contributed by atoms with Crippen molar-refractivity contribution in [2.24, 2.45) is 0 Å². The Kier molecular flexibility index (Phi) is 4.70. The number of nitrogens with zero attached hydrogens (tertiary/aromatic N) is 1. The van der Waals surface area contributed by atoms with Gasteiger partial charge in [0.1, 0.15) is 0 Å². The Hall–Kier alpha value is -2.20. The lowest BCUT2D eigenvalue weighted by Crippen LogP contribution is -2.33. The van der Waals surface area contributed by atoms with Crippen molar-refractivity contribution in [3.8, 4) is 0 Å². The first-order valence-corrected chi connectivity index (χ1v) is 7.00. The highest BCUT2D eigenvalue weighted by Crippen LogP contribution is 2.26. The molecule has 0 aliphatic rings. The van der Waals surface area contributed by atoms with Crippen molar-refractivity contribution < 1.29 is 4.79 Å². The molecule has 0 aliphatic heterocycles. The molecule has 0 radical (unpaired) electrons. The van der Waals surface area contributed by atoms with Crippen molar-refractivity contribution >= 4 is 29.0 Å². The summed E-state index contributed by atoms with van der Waals surface area (Å²) in [7, 11) is 1.74. The second-order valence-electron chi connectivity index (χ2n) is 4.86. The number of hydrogen-bond acceptors (Lipinski definition) is 2. The van der Waals surface area contributed by atoms with Crippen LogP contribution in [0, 0.1) is 0 Å². The molecule has 2 aromatic carbocycles. The molecule has 2 aromatic rings. The van der Waals surface area contributed by atoms with E-state index in [2.05, 4.69) is 5.32 Å². The Balaban J connectivity index is 2.08. The van der Waals surface area contributed by atoms with Crippen LogP contribution < -0.4 is 11.1 Å². The van der Waals surface area contributed by atoms with Crippen molar-refractivity contribution in [3.63, 3.8) is 0 Å². The second-order valence-corrected chi connectivity index (χ2v) is 5.27. The van der Waals surface area contributed by atoms with Crippen LogP contribution in [0.25, 0.3) is 0 Å². The van der Waals surface area contributed by atoms with Gasteiger partial charge in [-0.05, 0) is 42.8 Å². The molecule has 4 nitrogen and oxygen atoms in total. The third kappa shape index (κ3) is 3.67. The number of nitrogens with one attached hydrogen (secondary N) is 1. The normalized spacial score (nSPS) is 11.8. The lowest BCUT2D eigenvalue weighted by atomic mass is 10.1. The summed E-state index contributed by atoms with van der Waals surface area (Å²) in [5.74, 6) is 0. The van der Waals surface area contributed by atoms with Crippen molar-refractivity contribution in [2.45, 2.75) is 13.0 Å². The van der Waals surface area contributed by atoms with Crippen LogP contribution in [0.4, 0.5) is 16.2 Å². The summed E-state index contributed by atoms with van der Waals surface area (Å²) >= 11 is 6.17. The van der Waals surface area contributed by atoms with E-state index in [1.54, 1.807) is 36.2 Å². The van der Waals surface area contributed by atoms with E-state index in [-0.39, 0.29) is 12.1 Å². The number of urea groups is 1. The number of hydrogen-bond donors (Lipinski definition) is 2. The van der Waals surface area contributed by atoms with Gasteiger partial charge in [-0.25, -0.2) is 4.79 Å². The van der Waals surface area contributed by atoms with E-state index in [1.807, 2.05) is 31.2 Å². The zero-order valence-corrected chi connectivity index (χ0v) is 12.8. The van der Waals surface area contributed by atoms with E-state index in [0.717, 1.165) is 5.56 Å². The number of benzene rings is 2. The molecule has 2 rings (SSSR count). The van der Waals surface area contributed by atoms with E-state index < -0.39 is 0 Å². The van der Waals surface area contributed by atoms with Crippen molar-refractivity contribution in [1.29, 1.82) is 0 Å². The lowest BCUT2D eigenvalue weighted by Gasteiger charge is -2.26. The molecule has 0 saturated carbocycles. The summed E-state index contributed by atoms with van der Waals surface area (Å²) in [4.78, 5) is 13.9. The molecule has 1 atom stereocenters. The number of amides is 2. The minimum Gasteiger partial charge on any atom is -0.399 e. The fourth-order valence-corrected chi connectivity index (χ4v) is 2.27. The Morgan fingerprint density at radius 3 is 2.43 bits per heavy atom. The zero-order chi connectivity index (χ0) is 15.4. The molecule has 3 N–H and O–H groups in total. The number of nitrogens with two attached hydrogens (primary N) is 1. The predicted octanol–water partition coefficient (Wildman–Crippen LogP) is 4.15. The van der Waals surface area contributed by atoms with Crippen LogP contribution in [-0.2, 0) is 0 Å². The molecule has 0 bridgehead atoms. The van der Waals surface area contributed by atoms with Gasteiger partial charge in [0.2, 0.25) is 0 Å². The minimum atomic E-state index is -0.202. The average Bonchev–Trinajstić information content (AvgIpc) is 2.48. The van der Waals surface area contributed by atoms with Crippen LogP contribution in [0.15, 0.2) is 48.5 Å². The quantitative estimate of drug-likeness (QED) is 0.837. The first kappa shape index (κ1) is 15.2. The molecule has 0 heterocycles. The summed E-state index contributed by atoms with van der Waals surface area (Å²) in [6.45, 7) is 1.93. The van der Waals surface area contributed by atoms with Gasteiger partial charge in [-0.2, -0.15) is 0 Å². The minimum absolute atomic E-state index is 0.132. The first-order valence-electron chi connectivity index (χ1n) is 6.63. The molecule has 110 valence electrons. The Labute approximate surface area is 129 Å². The third-order valence-corrected chi connectivity index (χ3v) is 3.76. The number of anilines is 2. The summed E-state index contributed by atoms with van der Waals surface area (Å²) in [6.07, 6.45) is 0. The molecule has 0 fully saturated rings. The predicted molar refractivity (Wildman–Crippen MR) is 87.5 cm³/mol. The van der Waals surface area contributed by atoms with Crippen LogP contribution in [0.1, 0.15) is 18.5 Å². The van der Waals surface area contributed by atoms with Gasteiger partial charge in [-0.15, -0.1) is 0 Å². The van der Waals surface area contributed by atoms with Gasteiger partial charge in [-0.3, -0.25) is 0 Å². The van der Waals surface area contributed by atoms with Gasteiger partial charge >= 0.3 is 6.03 Å². The van der Waals surface area contributed by atoms with E-state index >= 15 is 0 Å². The van der Waals surface area contributed by atoms with E-state index in [1.165, 1.54) is 0 Å². The third-order valence-electron chi connectivity index (χ3n) is 3.42. The summed E-state index contributed by atoms with van der Waals surface area (Å²) < 4.78 is 0. The van der Waals surface area contributed by atoms with Crippen LogP contribution in [0.2, 0.25) is 5.02 Å². The van der Waals surface area contributed by atoms with E-state index in [0.29, 0.717) is 16.4 Å². The number of rotatable bonds is 3. The Morgan fingerprint density at radius 1 is 1.19 bits per heavy atom.